The first-order chi connectivity index (χ1) is 9.59. The summed E-state index contributed by atoms with van der Waals surface area (Å²) in [5, 5.41) is 7.48. The molecule has 2 rings (SSSR count). The van der Waals surface area contributed by atoms with Gasteiger partial charge < -0.3 is 9.64 Å². The van der Waals surface area contributed by atoms with Crippen LogP contribution in [0.15, 0.2) is 16.8 Å². The van der Waals surface area contributed by atoms with Crippen molar-refractivity contribution in [3.8, 4) is 0 Å². The largest absolute Gasteiger partial charge is 0.380 e. The highest BCUT2D eigenvalue weighted by atomic mass is 32.1. The fourth-order valence-corrected chi connectivity index (χ4v) is 2.98. The van der Waals surface area contributed by atoms with Crippen molar-refractivity contribution in [3.63, 3.8) is 0 Å². The lowest BCUT2D eigenvalue weighted by Gasteiger charge is -2.23. The monoisotopic (exact) mass is 296 g/mol. The molecule has 0 spiro atoms. The maximum atomic E-state index is 12.2. The molecule has 2 atom stereocenters. The number of nitrogens with one attached hydrogen (secondary N) is 1. The molecule has 0 aliphatic carbocycles. The number of carbonyl (C=O) groups is 1. The van der Waals surface area contributed by atoms with E-state index in [-0.39, 0.29) is 18.1 Å². The van der Waals surface area contributed by atoms with Gasteiger partial charge in [0.2, 0.25) is 5.91 Å². The van der Waals surface area contributed by atoms with Crippen molar-refractivity contribution in [3.05, 3.63) is 22.4 Å². The zero-order valence-corrected chi connectivity index (χ0v) is 13.3. The molecular formula is C15H24N2O2S. The van der Waals surface area contributed by atoms with Crippen LogP contribution in [0.2, 0.25) is 0 Å². The van der Waals surface area contributed by atoms with Crippen LogP contribution < -0.4 is 5.32 Å². The van der Waals surface area contributed by atoms with E-state index in [1.54, 1.807) is 11.3 Å². The Hall–Kier alpha value is -0.910. The van der Waals surface area contributed by atoms with Gasteiger partial charge in [0.15, 0.2) is 0 Å². The lowest BCUT2D eigenvalue weighted by Crippen LogP contribution is -2.33. The number of thiophene rings is 1. The highest BCUT2D eigenvalue weighted by molar-refractivity contribution is 7.07. The molecule has 0 aromatic carbocycles. The molecule has 2 heterocycles. The predicted molar refractivity (Wildman–Crippen MR) is 81.6 cm³/mol. The van der Waals surface area contributed by atoms with Gasteiger partial charge in [0, 0.05) is 13.2 Å². The van der Waals surface area contributed by atoms with Gasteiger partial charge in [-0.3, -0.25) is 10.1 Å². The highest BCUT2D eigenvalue weighted by Gasteiger charge is 2.36. The van der Waals surface area contributed by atoms with Crippen LogP contribution in [0, 0.1) is 5.92 Å². The minimum absolute atomic E-state index is 0.00236. The molecule has 1 aliphatic heterocycles. The van der Waals surface area contributed by atoms with Crippen LogP contribution in [-0.2, 0) is 9.53 Å². The summed E-state index contributed by atoms with van der Waals surface area (Å²) < 4.78 is 5.64. The van der Waals surface area contributed by atoms with Crippen LogP contribution in [0.1, 0.15) is 38.9 Å². The van der Waals surface area contributed by atoms with Crippen molar-refractivity contribution in [2.24, 2.45) is 5.92 Å². The molecule has 1 fully saturated rings. The molecule has 1 aliphatic rings. The number of rotatable bonds is 7. The molecule has 1 saturated heterocycles. The number of hydrogen-bond donors (Lipinski definition) is 1. The molecular weight excluding hydrogens is 272 g/mol. The second-order valence-corrected chi connectivity index (χ2v) is 6.45. The van der Waals surface area contributed by atoms with Crippen molar-refractivity contribution in [2.45, 2.75) is 39.4 Å². The van der Waals surface area contributed by atoms with E-state index in [4.69, 9.17) is 4.74 Å². The number of amides is 1. The summed E-state index contributed by atoms with van der Waals surface area (Å²) in [4.78, 5) is 14.1. The standard InChI is InChI=1S/C15H24N2O2S/c1-11(2)4-7-19-8-6-17-14(13-5-9-20-10-13)16-12(3)15(17)18/h5,9-12,14,16H,4,6-8H2,1-3H3. The maximum Gasteiger partial charge on any atom is 0.241 e. The van der Waals surface area contributed by atoms with Crippen LogP contribution in [0.4, 0.5) is 0 Å². The average Bonchev–Trinajstić information content (AvgIpc) is 3.01. The Morgan fingerprint density at radius 2 is 2.25 bits per heavy atom. The summed E-state index contributed by atoms with van der Waals surface area (Å²) in [6.07, 6.45) is 1.06. The number of carbonyl (C=O) groups excluding carboxylic acids is 1. The van der Waals surface area contributed by atoms with E-state index < -0.39 is 0 Å². The molecule has 20 heavy (non-hydrogen) atoms. The number of ether oxygens (including phenoxy) is 1. The Morgan fingerprint density at radius 3 is 2.90 bits per heavy atom. The summed E-state index contributed by atoms with van der Waals surface area (Å²) in [5.74, 6) is 0.817. The molecule has 0 radical (unpaired) electrons. The summed E-state index contributed by atoms with van der Waals surface area (Å²) in [7, 11) is 0. The van der Waals surface area contributed by atoms with E-state index in [1.807, 2.05) is 17.2 Å². The van der Waals surface area contributed by atoms with Gasteiger partial charge >= 0.3 is 0 Å². The van der Waals surface area contributed by atoms with Gasteiger partial charge in [0.1, 0.15) is 6.17 Å². The van der Waals surface area contributed by atoms with Gasteiger partial charge in [-0.15, -0.1) is 0 Å². The van der Waals surface area contributed by atoms with E-state index in [9.17, 15) is 4.79 Å². The van der Waals surface area contributed by atoms with Crippen molar-refractivity contribution >= 4 is 17.2 Å². The lowest BCUT2D eigenvalue weighted by atomic mass is 10.1. The predicted octanol–water partition coefficient (Wildman–Crippen LogP) is 2.63. The molecule has 0 saturated carbocycles. The molecule has 1 aromatic rings. The quantitative estimate of drug-likeness (QED) is 0.787. The fraction of sp³-hybridized carbons (Fsp3) is 0.667. The summed E-state index contributed by atoms with van der Waals surface area (Å²) in [6, 6.07) is 1.95. The second kappa shape index (κ2) is 7.20. The van der Waals surface area contributed by atoms with Gasteiger partial charge in [-0.05, 0) is 41.7 Å². The number of nitrogens with zero attached hydrogens (tertiary/aromatic N) is 1. The van der Waals surface area contributed by atoms with Crippen LogP contribution in [0.5, 0.6) is 0 Å². The van der Waals surface area contributed by atoms with Gasteiger partial charge in [-0.1, -0.05) is 13.8 Å². The van der Waals surface area contributed by atoms with Crippen molar-refractivity contribution in [2.75, 3.05) is 19.8 Å². The van der Waals surface area contributed by atoms with E-state index in [2.05, 4.69) is 30.6 Å². The maximum absolute atomic E-state index is 12.2. The molecule has 1 aromatic heterocycles. The van der Waals surface area contributed by atoms with Crippen molar-refractivity contribution in [1.29, 1.82) is 0 Å². The molecule has 1 amide bonds. The smallest absolute Gasteiger partial charge is 0.241 e. The zero-order valence-electron chi connectivity index (χ0n) is 12.5. The summed E-state index contributed by atoms with van der Waals surface area (Å²) >= 11 is 1.66. The van der Waals surface area contributed by atoms with Crippen molar-refractivity contribution < 1.29 is 9.53 Å². The van der Waals surface area contributed by atoms with Crippen LogP contribution in [0.3, 0.4) is 0 Å². The first-order valence-corrected chi connectivity index (χ1v) is 8.20. The third-order valence-corrected chi connectivity index (χ3v) is 4.25. The lowest BCUT2D eigenvalue weighted by molar-refractivity contribution is -0.130. The summed E-state index contributed by atoms with van der Waals surface area (Å²) in [6.45, 7) is 8.31. The Labute approximate surface area is 125 Å². The molecule has 2 unspecified atom stereocenters. The minimum Gasteiger partial charge on any atom is -0.380 e. The first kappa shape index (κ1) is 15.5. The minimum atomic E-state index is -0.115. The number of hydrogen-bond acceptors (Lipinski definition) is 4. The van der Waals surface area contributed by atoms with Crippen molar-refractivity contribution in [1.82, 2.24) is 10.2 Å². The molecule has 4 nitrogen and oxygen atoms in total. The van der Waals surface area contributed by atoms with Gasteiger partial charge in [0.25, 0.3) is 0 Å². The average molecular weight is 296 g/mol. The Morgan fingerprint density at radius 1 is 1.45 bits per heavy atom. The first-order valence-electron chi connectivity index (χ1n) is 7.26. The van der Waals surface area contributed by atoms with E-state index >= 15 is 0 Å². The van der Waals surface area contributed by atoms with Gasteiger partial charge in [0.05, 0.1) is 12.6 Å². The Kier molecular flexibility index (Phi) is 5.57. The SMILES string of the molecule is CC(C)CCOCCN1C(=O)C(C)NC1c1ccsc1. The molecule has 112 valence electrons. The molecule has 0 bridgehead atoms. The Bertz CT molecular complexity index is 420. The third kappa shape index (κ3) is 3.81. The van der Waals surface area contributed by atoms with Gasteiger partial charge in [-0.2, -0.15) is 11.3 Å². The fourth-order valence-electron chi connectivity index (χ4n) is 2.30. The van der Waals surface area contributed by atoms with Crippen LogP contribution in [-0.4, -0.2) is 36.6 Å². The highest BCUT2D eigenvalue weighted by Crippen LogP contribution is 2.26. The second-order valence-electron chi connectivity index (χ2n) is 5.67. The van der Waals surface area contributed by atoms with E-state index in [0.717, 1.165) is 18.6 Å². The molecule has 5 heteroatoms. The zero-order chi connectivity index (χ0) is 14.5. The normalized spacial score (nSPS) is 23.0. The summed E-state index contributed by atoms with van der Waals surface area (Å²) in [5.41, 5.74) is 1.16. The van der Waals surface area contributed by atoms with Crippen LogP contribution in [0.25, 0.3) is 0 Å². The Balaban J connectivity index is 1.85. The molecule has 1 N–H and O–H groups in total. The van der Waals surface area contributed by atoms with Crippen LogP contribution >= 0.6 is 11.3 Å². The van der Waals surface area contributed by atoms with Gasteiger partial charge in [-0.25, -0.2) is 0 Å². The van der Waals surface area contributed by atoms with E-state index in [1.165, 1.54) is 0 Å². The van der Waals surface area contributed by atoms with E-state index in [0.29, 0.717) is 19.1 Å². The third-order valence-electron chi connectivity index (χ3n) is 3.55. The topological polar surface area (TPSA) is 41.6 Å².